The van der Waals surface area contributed by atoms with E-state index < -0.39 is 11.7 Å². The Hall–Kier alpha value is -2.52. The maximum Gasteiger partial charge on any atom is 0.185 e. The van der Waals surface area contributed by atoms with Gasteiger partial charge in [-0.15, -0.1) is 0 Å². The Morgan fingerprint density at radius 1 is 0.905 bits per heavy atom. The first-order valence-corrected chi connectivity index (χ1v) is 6.79. The van der Waals surface area contributed by atoms with Crippen molar-refractivity contribution in [2.75, 3.05) is 0 Å². The molecule has 106 valence electrons. The third-order valence-corrected chi connectivity index (χ3v) is 3.54. The zero-order valence-corrected chi connectivity index (χ0v) is 11.4. The fourth-order valence-corrected chi connectivity index (χ4v) is 2.50. The first kappa shape index (κ1) is 13.5. The molecule has 2 aromatic carbocycles. The molecule has 1 aliphatic rings. The highest BCUT2D eigenvalue weighted by Crippen LogP contribution is 2.39. The van der Waals surface area contributed by atoms with Crippen LogP contribution >= 0.6 is 0 Å². The van der Waals surface area contributed by atoms with Gasteiger partial charge >= 0.3 is 0 Å². The molecule has 0 aliphatic heterocycles. The number of hydrogen-bond acceptors (Lipinski definition) is 3. The Bertz CT molecular complexity index is 676. The molecular formula is C18H16O3. The van der Waals surface area contributed by atoms with E-state index in [1.807, 2.05) is 42.5 Å². The van der Waals surface area contributed by atoms with Crippen LogP contribution in [0.5, 0.6) is 11.5 Å². The van der Waals surface area contributed by atoms with Gasteiger partial charge in [-0.2, -0.15) is 0 Å². The van der Waals surface area contributed by atoms with Crippen LogP contribution in [0.15, 0.2) is 78.9 Å². The van der Waals surface area contributed by atoms with Gasteiger partial charge in [0.25, 0.3) is 0 Å². The molecule has 3 nitrogen and oxygen atoms in total. The van der Waals surface area contributed by atoms with Crippen LogP contribution in [0.3, 0.4) is 0 Å². The molecule has 1 aliphatic carbocycles. The van der Waals surface area contributed by atoms with E-state index in [2.05, 4.69) is 0 Å². The number of phenolic OH excluding ortho intramolecular Hbond substituents is 1. The van der Waals surface area contributed by atoms with Crippen LogP contribution in [0.4, 0.5) is 0 Å². The number of aliphatic hydroxyl groups excluding tert-OH is 1. The van der Waals surface area contributed by atoms with E-state index in [-0.39, 0.29) is 5.75 Å². The van der Waals surface area contributed by atoms with Crippen molar-refractivity contribution in [1.29, 1.82) is 0 Å². The van der Waals surface area contributed by atoms with Gasteiger partial charge < -0.3 is 14.9 Å². The van der Waals surface area contributed by atoms with E-state index in [0.717, 1.165) is 0 Å². The molecule has 3 rings (SSSR count). The highest BCUT2D eigenvalue weighted by Gasteiger charge is 2.41. The van der Waals surface area contributed by atoms with Crippen LogP contribution < -0.4 is 4.74 Å². The molecule has 0 bridgehead atoms. The maximum atomic E-state index is 10.5. The molecule has 0 unspecified atom stereocenters. The first-order valence-electron chi connectivity index (χ1n) is 6.79. The summed E-state index contributed by atoms with van der Waals surface area (Å²) in [5.41, 5.74) is -0.608. The van der Waals surface area contributed by atoms with E-state index in [0.29, 0.717) is 11.3 Å². The van der Waals surface area contributed by atoms with Crippen molar-refractivity contribution in [3.63, 3.8) is 0 Å². The van der Waals surface area contributed by atoms with Gasteiger partial charge in [0, 0.05) is 5.56 Å². The van der Waals surface area contributed by atoms with Crippen LogP contribution in [0.1, 0.15) is 5.56 Å². The molecule has 0 saturated heterocycles. The monoisotopic (exact) mass is 280 g/mol. The normalized spacial score (nSPS) is 24.0. The molecule has 2 N–H and O–H groups in total. The van der Waals surface area contributed by atoms with Gasteiger partial charge in [-0.25, -0.2) is 0 Å². The van der Waals surface area contributed by atoms with Crippen molar-refractivity contribution >= 4 is 0 Å². The molecule has 0 spiro atoms. The molecule has 0 fully saturated rings. The second kappa shape index (κ2) is 5.46. The number of para-hydroxylation sites is 2. The summed E-state index contributed by atoms with van der Waals surface area (Å²) in [5, 5.41) is 20.7. The molecule has 0 radical (unpaired) electrons. The van der Waals surface area contributed by atoms with Crippen molar-refractivity contribution in [3.05, 3.63) is 84.5 Å². The second-order valence-electron chi connectivity index (χ2n) is 4.91. The fraction of sp³-hybridized carbons (Fsp3) is 0.111. The predicted octanol–water partition coefficient (Wildman–Crippen LogP) is 3.15. The summed E-state index contributed by atoms with van der Waals surface area (Å²) in [5.74, 6) is 0.715. The molecule has 2 atom stereocenters. The third-order valence-electron chi connectivity index (χ3n) is 3.54. The first-order chi connectivity index (χ1) is 10.2. The van der Waals surface area contributed by atoms with Gasteiger partial charge in [0.1, 0.15) is 17.6 Å². The van der Waals surface area contributed by atoms with E-state index in [9.17, 15) is 10.2 Å². The van der Waals surface area contributed by atoms with Gasteiger partial charge in [0.2, 0.25) is 0 Å². The van der Waals surface area contributed by atoms with Crippen molar-refractivity contribution in [2.24, 2.45) is 0 Å². The molecule has 3 heteroatoms. The van der Waals surface area contributed by atoms with Crippen LogP contribution in [-0.4, -0.2) is 16.3 Å². The average Bonchev–Trinajstić information content (AvgIpc) is 2.51. The van der Waals surface area contributed by atoms with Crippen LogP contribution in [0.25, 0.3) is 0 Å². The number of ether oxygens (including phenoxy) is 1. The topological polar surface area (TPSA) is 49.7 Å². The number of hydrogen-bond donors (Lipinski definition) is 2. The molecule has 0 heterocycles. The van der Waals surface area contributed by atoms with Crippen LogP contribution in [-0.2, 0) is 5.60 Å². The van der Waals surface area contributed by atoms with E-state index in [1.54, 1.807) is 36.4 Å². The number of aromatic hydroxyl groups is 1. The maximum absolute atomic E-state index is 10.5. The van der Waals surface area contributed by atoms with Gasteiger partial charge in [-0.05, 0) is 24.3 Å². The Labute approximate surface area is 123 Å². The predicted molar refractivity (Wildman–Crippen MR) is 81.1 cm³/mol. The van der Waals surface area contributed by atoms with Crippen molar-refractivity contribution < 1.29 is 14.9 Å². The number of aliphatic hydroxyl groups is 1. The summed E-state index contributed by atoms with van der Waals surface area (Å²) >= 11 is 0. The lowest BCUT2D eigenvalue weighted by Crippen LogP contribution is -2.43. The number of benzene rings is 2. The minimum absolute atomic E-state index is 0.0902. The number of rotatable bonds is 3. The highest BCUT2D eigenvalue weighted by atomic mass is 16.5. The quantitative estimate of drug-likeness (QED) is 0.908. The number of phenols is 1. The summed E-state index contributed by atoms with van der Waals surface area (Å²) < 4.78 is 6.07. The third kappa shape index (κ3) is 2.43. The smallest absolute Gasteiger partial charge is 0.185 e. The van der Waals surface area contributed by atoms with Gasteiger partial charge in [-0.3, -0.25) is 0 Å². The largest absolute Gasteiger partial charge is 0.508 e. The zero-order valence-electron chi connectivity index (χ0n) is 11.4. The molecule has 0 aromatic heterocycles. The van der Waals surface area contributed by atoms with Gasteiger partial charge in [0.05, 0.1) is 0 Å². The van der Waals surface area contributed by atoms with Crippen molar-refractivity contribution in [1.82, 2.24) is 0 Å². The fourth-order valence-electron chi connectivity index (χ4n) is 2.50. The van der Waals surface area contributed by atoms with Crippen LogP contribution in [0, 0.1) is 0 Å². The second-order valence-corrected chi connectivity index (χ2v) is 4.91. The molecule has 2 aromatic rings. The molecule has 21 heavy (non-hydrogen) atoms. The Balaban J connectivity index is 2.10. The van der Waals surface area contributed by atoms with Crippen LogP contribution in [0.2, 0.25) is 0 Å². The average molecular weight is 280 g/mol. The lowest BCUT2D eigenvalue weighted by atomic mass is 9.84. The van der Waals surface area contributed by atoms with E-state index in [4.69, 9.17) is 4.74 Å². The lowest BCUT2D eigenvalue weighted by molar-refractivity contribution is 0.000215. The summed E-state index contributed by atoms with van der Waals surface area (Å²) in [6.45, 7) is 0. The Morgan fingerprint density at radius 2 is 1.62 bits per heavy atom. The number of allylic oxidation sites excluding steroid dienone is 2. The summed E-state index contributed by atoms with van der Waals surface area (Å²) in [6, 6.07) is 16.2. The van der Waals surface area contributed by atoms with E-state index in [1.165, 1.54) is 0 Å². The van der Waals surface area contributed by atoms with Gasteiger partial charge in [-0.1, -0.05) is 54.6 Å². The minimum atomic E-state index is -1.14. The van der Waals surface area contributed by atoms with Gasteiger partial charge in [0.15, 0.2) is 5.60 Å². The Kier molecular flexibility index (Phi) is 3.50. The molecular weight excluding hydrogens is 264 g/mol. The summed E-state index contributed by atoms with van der Waals surface area (Å²) in [6.07, 6.45) is 6.09. The SMILES string of the molecule is Oc1ccccc1[C@@]1(Oc2ccccc2)C=CC=C[C@H]1O. The van der Waals surface area contributed by atoms with Crippen molar-refractivity contribution in [2.45, 2.75) is 11.7 Å². The standard InChI is InChI=1S/C18H16O3/c19-16-11-5-4-10-15(16)18(13-7-6-12-17(18)20)21-14-8-2-1-3-9-14/h1-13,17,19-20H/t17-,18+/m1/s1. The minimum Gasteiger partial charge on any atom is -0.508 e. The van der Waals surface area contributed by atoms with Crippen molar-refractivity contribution in [3.8, 4) is 11.5 Å². The summed E-state index contributed by atoms with van der Waals surface area (Å²) in [4.78, 5) is 0. The summed E-state index contributed by atoms with van der Waals surface area (Å²) in [7, 11) is 0. The Morgan fingerprint density at radius 3 is 2.33 bits per heavy atom. The molecule has 0 amide bonds. The molecule has 0 saturated carbocycles. The lowest BCUT2D eigenvalue weighted by Gasteiger charge is -2.36. The highest BCUT2D eigenvalue weighted by molar-refractivity contribution is 5.45. The zero-order chi connectivity index (χ0) is 14.7. The van der Waals surface area contributed by atoms with E-state index >= 15 is 0 Å².